The Hall–Kier alpha value is -0.0800. The zero-order valence-electron chi connectivity index (χ0n) is 7.56. The van der Waals surface area contributed by atoms with Crippen LogP contribution in [0.25, 0.3) is 0 Å². The molecule has 0 saturated carbocycles. The molecule has 2 nitrogen and oxygen atoms in total. The molecule has 0 rings (SSSR count). The average molecular weight is 146 g/mol. The summed E-state index contributed by atoms with van der Waals surface area (Å²) in [4.78, 5) is 0. The number of aliphatic hydroxyl groups is 1. The van der Waals surface area contributed by atoms with Crippen molar-refractivity contribution in [1.82, 2.24) is 0 Å². The molecule has 0 saturated heterocycles. The highest BCUT2D eigenvalue weighted by Gasteiger charge is 2.34. The minimum Gasteiger partial charge on any atom is -0.390 e. The van der Waals surface area contributed by atoms with Crippen molar-refractivity contribution in [2.45, 2.75) is 33.3 Å². The van der Waals surface area contributed by atoms with E-state index in [1.165, 1.54) is 0 Å². The minimum atomic E-state index is -0.678. The molecule has 0 unspecified atom stereocenters. The Bertz CT molecular complexity index is 100. The van der Waals surface area contributed by atoms with E-state index >= 15 is 0 Å². The molecule has 0 aliphatic rings. The molecule has 0 aliphatic carbocycles. The molecule has 0 fully saturated rings. The molecule has 1 N–H and O–H groups in total. The molecule has 0 aromatic heterocycles. The maximum atomic E-state index is 9.60. The third kappa shape index (κ3) is 2.27. The van der Waals surface area contributed by atoms with Gasteiger partial charge in [-0.15, -0.1) is 0 Å². The van der Waals surface area contributed by atoms with Crippen LogP contribution in [-0.2, 0) is 4.74 Å². The summed E-state index contributed by atoms with van der Waals surface area (Å²) in [5.41, 5.74) is -0.856. The van der Waals surface area contributed by atoms with Gasteiger partial charge < -0.3 is 9.84 Å². The summed E-state index contributed by atoms with van der Waals surface area (Å²) in [6.07, 6.45) is 0. The van der Waals surface area contributed by atoms with Crippen molar-refractivity contribution in [2.24, 2.45) is 5.41 Å². The van der Waals surface area contributed by atoms with Crippen molar-refractivity contribution in [3.63, 3.8) is 0 Å². The lowest BCUT2D eigenvalue weighted by Gasteiger charge is -2.36. The van der Waals surface area contributed by atoms with Crippen LogP contribution in [-0.4, -0.2) is 24.4 Å². The van der Waals surface area contributed by atoms with Crippen LogP contribution in [0, 0.1) is 5.41 Å². The topological polar surface area (TPSA) is 29.5 Å². The van der Waals surface area contributed by atoms with Crippen LogP contribution in [0.1, 0.15) is 27.7 Å². The highest BCUT2D eigenvalue weighted by atomic mass is 16.5. The first-order valence-electron chi connectivity index (χ1n) is 3.52. The van der Waals surface area contributed by atoms with Crippen LogP contribution >= 0.6 is 0 Å². The Labute approximate surface area is 63.2 Å². The average Bonchev–Trinajstić information content (AvgIpc) is 1.61. The van der Waals surface area contributed by atoms with E-state index in [1.807, 2.05) is 13.8 Å². The van der Waals surface area contributed by atoms with E-state index in [4.69, 9.17) is 4.74 Å². The number of hydrogen-bond donors (Lipinski definition) is 1. The van der Waals surface area contributed by atoms with Gasteiger partial charge in [0, 0.05) is 12.5 Å². The Balaban J connectivity index is 4.10. The molecule has 0 aliphatic heterocycles. The lowest BCUT2D eigenvalue weighted by molar-refractivity contribution is -0.0714. The summed E-state index contributed by atoms with van der Waals surface area (Å²) in [6, 6.07) is 0. The zero-order chi connectivity index (χ0) is 8.41. The van der Waals surface area contributed by atoms with Gasteiger partial charge in [-0.3, -0.25) is 0 Å². The maximum absolute atomic E-state index is 9.60. The summed E-state index contributed by atoms with van der Waals surface area (Å²) in [5, 5.41) is 9.60. The predicted molar refractivity (Wildman–Crippen MR) is 42.0 cm³/mol. The van der Waals surface area contributed by atoms with Crippen LogP contribution in [0.3, 0.4) is 0 Å². The molecular weight excluding hydrogens is 128 g/mol. The van der Waals surface area contributed by atoms with Crippen LogP contribution in [0.5, 0.6) is 0 Å². The van der Waals surface area contributed by atoms with E-state index < -0.39 is 5.60 Å². The largest absolute Gasteiger partial charge is 0.390 e. The Kier molecular flexibility index (Phi) is 2.86. The summed E-state index contributed by atoms with van der Waals surface area (Å²) in [7, 11) is 1.65. The van der Waals surface area contributed by atoms with Crippen molar-refractivity contribution in [2.75, 3.05) is 13.7 Å². The van der Waals surface area contributed by atoms with Gasteiger partial charge in [-0.05, 0) is 13.8 Å². The maximum Gasteiger partial charge on any atom is 0.0664 e. The fourth-order valence-electron chi connectivity index (χ4n) is 0.537. The van der Waals surface area contributed by atoms with Gasteiger partial charge in [0.2, 0.25) is 0 Å². The number of methoxy groups -OCH3 is 1. The van der Waals surface area contributed by atoms with Crippen LogP contribution in [0.4, 0.5) is 0 Å². The Morgan fingerprint density at radius 2 is 1.60 bits per heavy atom. The van der Waals surface area contributed by atoms with Crippen molar-refractivity contribution >= 4 is 0 Å². The third-order valence-electron chi connectivity index (χ3n) is 2.16. The standard InChI is InChI=1S/C8H18O2/c1-7(2,6-10-5)8(3,4)9/h9H,6H2,1-5H3. The second-order valence-electron chi connectivity index (χ2n) is 3.88. The predicted octanol–water partition coefficient (Wildman–Crippen LogP) is 1.43. The fourth-order valence-corrected chi connectivity index (χ4v) is 0.537. The van der Waals surface area contributed by atoms with E-state index in [1.54, 1.807) is 21.0 Å². The molecule has 0 heterocycles. The molecule has 0 bridgehead atoms. The smallest absolute Gasteiger partial charge is 0.0664 e. The first-order valence-corrected chi connectivity index (χ1v) is 3.52. The Morgan fingerprint density at radius 3 is 1.70 bits per heavy atom. The van der Waals surface area contributed by atoms with E-state index in [0.717, 1.165) is 0 Å². The van der Waals surface area contributed by atoms with E-state index in [0.29, 0.717) is 6.61 Å². The quantitative estimate of drug-likeness (QED) is 0.652. The van der Waals surface area contributed by atoms with Crippen LogP contribution < -0.4 is 0 Å². The van der Waals surface area contributed by atoms with Gasteiger partial charge in [0.25, 0.3) is 0 Å². The molecule has 0 aromatic rings. The van der Waals surface area contributed by atoms with Gasteiger partial charge in [0.1, 0.15) is 0 Å². The summed E-state index contributed by atoms with van der Waals surface area (Å²) in [5.74, 6) is 0. The molecule has 62 valence electrons. The molecule has 0 aromatic carbocycles. The normalized spacial score (nSPS) is 13.8. The molecule has 10 heavy (non-hydrogen) atoms. The van der Waals surface area contributed by atoms with Crippen molar-refractivity contribution in [1.29, 1.82) is 0 Å². The SMILES string of the molecule is COCC(C)(C)C(C)(C)O. The van der Waals surface area contributed by atoms with Gasteiger partial charge in [-0.2, -0.15) is 0 Å². The van der Waals surface area contributed by atoms with Gasteiger partial charge >= 0.3 is 0 Å². The lowest BCUT2D eigenvalue weighted by atomic mass is 9.78. The van der Waals surface area contributed by atoms with Crippen molar-refractivity contribution < 1.29 is 9.84 Å². The molecule has 0 atom stereocenters. The van der Waals surface area contributed by atoms with Crippen LogP contribution in [0.15, 0.2) is 0 Å². The molecule has 0 amide bonds. The number of hydrogen-bond acceptors (Lipinski definition) is 2. The number of rotatable bonds is 3. The number of ether oxygens (including phenoxy) is 1. The summed E-state index contributed by atoms with van der Waals surface area (Å²) < 4.78 is 4.97. The second kappa shape index (κ2) is 2.89. The molecule has 0 radical (unpaired) electrons. The van der Waals surface area contributed by atoms with Gasteiger partial charge in [0.05, 0.1) is 12.2 Å². The molecule has 0 spiro atoms. The zero-order valence-corrected chi connectivity index (χ0v) is 7.56. The first kappa shape index (κ1) is 9.92. The van der Waals surface area contributed by atoms with E-state index in [9.17, 15) is 5.11 Å². The third-order valence-corrected chi connectivity index (χ3v) is 2.16. The fraction of sp³-hybridized carbons (Fsp3) is 1.00. The summed E-state index contributed by atoms with van der Waals surface area (Å²) in [6.45, 7) is 8.14. The minimum absolute atomic E-state index is 0.179. The van der Waals surface area contributed by atoms with E-state index in [-0.39, 0.29) is 5.41 Å². The molecular formula is C8H18O2. The highest BCUT2D eigenvalue weighted by Crippen LogP contribution is 2.29. The van der Waals surface area contributed by atoms with Gasteiger partial charge in [-0.25, -0.2) is 0 Å². The highest BCUT2D eigenvalue weighted by molar-refractivity contribution is 4.85. The Morgan fingerprint density at radius 1 is 1.20 bits per heavy atom. The second-order valence-corrected chi connectivity index (χ2v) is 3.88. The monoisotopic (exact) mass is 146 g/mol. The van der Waals surface area contributed by atoms with Crippen molar-refractivity contribution in [3.05, 3.63) is 0 Å². The molecule has 2 heteroatoms. The lowest BCUT2D eigenvalue weighted by Crippen LogP contribution is -2.41. The first-order chi connectivity index (χ1) is 4.31. The summed E-state index contributed by atoms with van der Waals surface area (Å²) >= 11 is 0. The van der Waals surface area contributed by atoms with Gasteiger partial charge in [0.15, 0.2) is 0 Å². The van der Waals surface area contributed by atoms with Crippen molar-refractivity contribution in [3.8, 4) is 0 Å². The van der Waals surface area contributed by atoms with Crippen LogP contribution in [0.2, 0.25) is 0 Å². The van der Waals surface area contributed by atoms with E-state index in [2.05, 4.69) is 0 Å². The van der Waals surface area contributed by atoms with Gasteiger partial charge in [-0.1, -0.05) is 13.8 Å².